The summed E-state index contributed by atoms with van der Waals surface area (Å²) in [4.78, 5) is 16.3. The maximum absolute atomic E-state index is 11.8. The van der Waals surface area contributed by atoms with Gasteiger partial charge in [0.1, 0.15) is 0 Å². The minimum Gasteiger partial charge on any atom is -0.357 e. The third-order valence-corrected chi connectivity index (χ3v) is 3.09. The molecule has 0 saturated heterocycles. The van der Waals surface area contributed by atoms with Gasteiger partial charge >= 0.3 is 0 Å². The summed E-state index contributed by atoms with van der Waals surface area (Å²) in [6.45, 7) is 7.33. The van der Waals surface area contributed by atoms with Gasteiger partial charge in [0, 0.05) is 31.7 Å². The fourth-order valence-corrected chi connectivity index (χ4v) is 1.89. The molecule has 0 radical (unpaired) electrons. The summed E-state index contributed by atoms with van der Waals surface area (Å²) < 4.78 is 0. The van der Waals surface area contributed by atoms with Crippen LogP contribution in [0.15, 0.2) is 35.3 Å². The summed E-state index contributed by atoms with van der Waals surface area (Å²) >= 11 is 0. The Morgan fingerprint density at radius 1 is 1.00 bits per heavy atom. The van der Waals surface area contributed by atoms with E-state index in [1.807, 2.05) is 30.3 Å². The van der Waals surface area contributed by atoms with Crippen molar-refractivity contribution in [1.82, 2.24) is 16.0 Å². The predicted molar refractivity (Wildman–Crippen MR) is 92.3 cm³/mol. The van der Waals surface area contributed by atoms with E-state index in [0.29, 0.717) is 18.7 Å². The largest absolute Gasteiger partial charge is 0.357 e. The van der Waals surface area contributed by atoms with E-state index in [4.69, 9.17) is 0 Å². The summed E-state index contributed by atoms with van der Waals surface area (Å²) in [5.41, 5.74) is 0.695. The summed E-state index contributed by atoms with van der Waals surface area (Å²) in [5.74, 6) is 0.822. The lowest BCUT2D eigenvalue weighted by Crippen LogP contribution is -2.38. The quantitative estimate of drug-likeness (QED) is 0.372. The normalized spacial score (nSPS) is 11.1. The number of nitrogens with zero attached hydrogens (tertiary/aromatic N) is 1. The maximum atomic E-state index is 11.8. The highest BCUT2D eigenvalue weighted by Crippen LogP contribution is 1.97. The average Bonchev–Trinajstić information content (AvgIpc) is 2.55. The fraction of sp³-hybridized carbons (Fsp3) is 0.529. The van der Waals surface area contributed by atoms with Gasteiger partial charge in [0.05, 0.1) is 0 Å². The SMILES string of the molecule is CCCCNC(=NCCCNC(=O)c1ccccc1)NCC. The maximum Gasteiger partial charge on any atom is 0.251 e. The smallest absolute Gasteiger partial charge is 0.251 e. The second kappa shape index (κ2) is 11.6. The third kappa shape index (κ3) is 7.67. The standard InChI is InChI=1S/C17H28N4O/c1-3-5-12-20-17(18-4-2)21-14-9-13-19-16(22)15-10-7-6-8-11-15/h6-8,10-11H,3-5,9,12-14H2,1-2H3,(H,19,22)(H2,18,20,21). The summed E-state index contributed by atoms with van der Waals surface area (Å²) in [5, 5.41) is 9.43. The number of carbonyl (C=O) groups excluding carboxylic acids is 1. The molecule has 1 rings (SSSR count). The van der Waals surface area contributed by atoms with Gasteiger partial charge in [-0.25, -0.2) is 0 Å². The first kappa shape index (κ1) is 18.0. The highest BCUT2D eigenvalue weighted by molar-refractivity contribution is 5.94. The molecule has 1 amide bonds. The van der Waals surface area contributed by atoms with Crippen molar-refractivity contribution in [3.05, 3.63) is 35.9 Å². The minimum atomic E-state index is -0.0300. The van der Waals surface area contributed by atoms with Crippen molar-refractivity contribution in [3.8, 4) is 0 Å². The number of carbonyl (C=O) groups is 1. The molecule has 1 aromatic carbocycles. The molecule has 0 aromatic heterocycles. The molecule has 0 saturated carbocycles. The van der Waals surface area contributed by atoms with Crippen LogP contribution in [-0.2, 0) is 0 Å². The number of hydrogen-bond donors (Lipinski definition) is 3. The Balaban J connectivity index is 2.23. The lowest BCUT2D eigenvalue weighted by Gasteiger charge is -2.10. The van der Waals surface area contributed by atoms with E-state index in [2.05, 4.69) is 34.8 Å². The van der Waals surface area contributed by atoms with Crippen molar-refractivity contribution in [1.29, 1.82) is 0 Å². The first-order chi connectivity index (χ1) is 10.8. The number of unbranched alkanes of at least 4 members (excludes halogenated alkanes) is 1. The second-order valence-corrected chi connectivity index (χ2v) is 5.02. The topological polar surface area (TPSA) is 65.5 Å². The van der Waals surface area contributed by atoms with Crippen LogP contribution in [0.25, 0.3) is 0 Å². The second-order valence-electron chi connectivity index (χ2n) is 5.02. The number of benzene rings is 1. The predicted octanol–water partition coefficient (Wildman–Crippen LogP) is 2.16. The van der Waals surface area contributed by atoms with Gasteiger partial charge in [0.2, 0.25) is 0 Å². The Labute approximate surface area is 133 Å². The van der Waals surface area contributed by atoms with Gasteiger partial charge in [-0.3, -0.25) is 9.79 Å². The molecule has 0 atom stereocenters. The number of hydrogen-bond acceptors (Lipinski definition) is 2. The average molecular weight is 304 g/mol. The minimum absolute atomic E-state index is 0.0300. The zero-order valence-electron chi connectivity index (χ0n) is 13.7. The highest BCUT2D eigenvalue weighted by Gasteiger charge is 2.02. The van der Waals surface area contributed by atoms with Crippen molar-refractivity contribution in [2.45, 2.75) is 33.1 Å². The molecule has 1 aromatic rings. The number of nitrogens with one attached hydrogen (secondary N) is 3. The molecule has 3 N–H and O–H groups in total. The Bertz CT molecular complexity index is 445. The summed E-state index contributed by atoms with van der Waals surface area (Å²) in [6.07, 6.45) is 3.12. The lowest BCUT2D eigenvalue weighted by atomic mass is 10.2. The van der Waals surface area contributed by atoms with E-state index in [-0.39, 0.29) is 5.91 Å². The van der Waals surface area contributed by atoms with Gasteiger partial charge in [-0.15, -0.1) is 0 Å². The van der Waals surface area contributed by atoms with Crippen LogP contribution in [-0.4, -0.2) is 38.0 Å². The van der Waals surface area contributed by atoms with Crippen LogP contribution in [0.1, 0.15) is 43.5 Å². The Kier molecular flexibility index (Phi) is 9.50. The van der Waals surface area contributed by atoms with E-state index >= 15 is 0 Å². The van der Waals surface area contributed by atoms with Gasteiger partial charge in [-0.2, -0.15) is 0 Å². The Hall–Kier alpha value is -2.04. The summed E-state index contributed by atoms with van der Waals surface area (Å²) in [7, 11) is 0. The molecule has 0 heterocycles. The summed E-state index contributed by atoms with van der Waals surface area (Å²) in [6, 6.07) is 9.26. The molecule has 122 valence electrons. The molecule has 22 heavy (non-hydrogen) atoms. The lowest BCUT2D eigenvalue weighted by molar-refractivity contribution is 0.0953. The van der Waals surface area contributed by atoms with Crippen LogP contribution < -0.4 is 16.0 Å². The number of amides is 1. The van der Waals surface area contributed by atoms with Crippen molar-refractivity contribution in [2.24, 2.45) is 4.99 Å². The van der Waals surface area contributed by atoms with Crippen LogP contribution in [0.2, 0.25) is 0 Å². The van der Waals surface area contributed by atoms with E-state index in [1.165, 1.54) is 0 Å². The van der Waals surface area contributed by atoms with Gasteiger partial charge in [0.15, 0.2) is 5.96 Å². The van der Waals surface area contributed by atoms with Gasteiger partial charge in [-0.05, 0) is 31.9 Å². The van der Waals surface area contributed by atoms with Crippen molar-refractivity contribution < 1.29 is 4.79 Å². The zero-order valence-corrected chi connectivity index (χ0v) is 13.7. The van der Waals surface area contributed by atoms with Gasteiger partial charge < -0.3 is 16.0 Å². The van der Waals surface area contributed by atoms with Crippen molar-refractivity contribution >= 4 is 11.9 Å². The van der Waals surface area contributed by atoms with Crippen LogP contribution >= 0.6 is 0 Å². The van der Waals surface area contributed by atoms with Crippen LogP contribution in [0.3, 0.4) is 0 Å². The number of aliphatic imine (C=N–C) groups is 1. The molecule has 0 aliphatic carbocycles. The highest BCUT2D eigenvalue weighted by atomic mass is 16.1. The molecular weight excluding hydrogens is 276 g/mol. The molecule has 5 nitrogen and oxygen atoms in total. The van der Waals surface area contributed by atoms with E-state index in [1.54, 1.807) is 0 Å². The molecule has 5 heteroatoms. The monoisotopic (exact) mass is 304 g/mol. The van der Waals surface area contributed by atoms with Gasteiger partial charge in [-0.1, -0.05) is 31.5 Å². The first-order valence-electron chi connectivity index (χ1n) is 8.13. The van der Waals surface area contributed by atoms with Crippen molar-refractivity contribution in [2.75, 3.05) is 26.2 Å². The third-order valence-electron chi connectivity index (χ3n) is 3.09. The molecule has 0 aliphatic heterocycles. The van der Waals surface area contributed by atoms with Crippen LogP contribution in [0.4, 0.5) is 0 Å². The van der Waals surface area contributed by atoms with Crippen LogP contribution in [0, 0.1) is 0 Å². The van der Waals surface area contributed by atoms with E-state index < -0.39 is 0 Å². The molecule has 0 aliphatic rings. The number of guanidine groups is 1. The molecule has 0 bridgehead atoms. The van der Waals surface area contributed by atoms with E-state index in [9.17, 15) is 4.79 Å². The zero-order chi connectivity index (χ0) is 16.0. The Morgan fingerprint density at radius 3 is 2.41 bits per heavy atom. The molecular formula is C17H28N4O. The fourth-order valence-electron chi connectivity index (χ4n) is 1.89. The van der Waals surface area contributed by atoms with E-state index in [0.717, 1.165) is 38.3 Å². The first-order valence-corrected chi connectivity index (χ1v) is 8.13. The molecule has 0 unspecified atom stereocenters. The Morgan fingerprint density at radius 2 is 1.73 bits per heavy atom. The number of rotatable bonds is 9. The molecule has 0 spiro atoms. The van der Waals surface area contributed by atoms with Gasteiger partial charge in [0.25, 0.3) is 5.91 Å². The van der Waals surface area contributed by atoms with Crippen LogP contribution in [0.5, 0.6) is 0 Å². The van der Waals surface area contributed by atoms with Crippen molar-refractivity contribution in [3.63, 3.8) is 0 Å². The molecule has 0 fully saturated rings.